The highest BCUT2D eigenvalue weighted by Gasteiger charge is 2.33. The number of rotatable bonds is 6. The summed E-state index contributed by atoms with van der Waals surface area (Å²) in [4.78, 5) is 55.7. The number of phenolic OH excluding ortho intramolecular Hbond substituents is 1. The fourth-order valence-corrected chi connectivity index (χ4v) is 5.57. The predicted octanol–water partition coefficient (Wildman–Crippen LogP) is 5.75. The maximum absolute atomic E-state index is 14.1. The Bertz CT molecular complexity index is 2040. The van der Waals surface area contributed by atoms with Gasteiger partial charge in [0.25, 0.3) is 11.8 Å². The highest BCUT2D eigenvalue weighted by Crippen LogP contribution is 2.31. The second kappa shape index (κ2) is 11.7. The Morgan fingerprint density at radius 1 is 0.778 bits per heavy atom. The summed E-state index contributed by atoms with van der Waals surface area (Å²) in [6.07, 6.45) is 3.85. The van der Waals surface area contributed by atoms with Crippen molar-refractivity contribution in [3.8, 4) is 11.5 Å². The average Bonchev–Trinajstić information content (AvgIpc) is 3.34. The van der Waals surface area contributed by atoms with E-state index in [0.717, 1.165) is 22.2 Å². The lowest BCUT2D eigenvalue weighted by atomic mass is 9.99. The van der Waals surface area contributed by atoms with Crippen molar-refractivity contribution in [2.24, 2.45) is 7.05 Å². The number of aryl methyl sites for hydroxylation is 3. The molecule has 0 aliphatic carbocycles. The van der Waals surface area contributed by atoms with Crippen molar-refractivity contribution in [3.63, 3.8) is 0 Å². The Labute approximate surface area is 258 Å². The Kier molecular flexibility index (Phi) is 7.60. The molecule has 0 saturated carbocycles. The second-order valence-electron chi connectivity index (χ2n) is 10.9. The first-order valence-electron chi connectivity index (χ1n) is 14.3. The van der Waals surface area contributed by atoms with Gasteiger partial charge < -0.3 is 14.7 Å². The van der Waals surface area contributed by atoms with Gasteiger partial charge in [-0.25, -0.2) is 9.59 Å². The molecule has 9 heteroatoms. The molecule has 0 radical (unpaired) electrons. The number of hydrogen-bond acceptors (Lipinski definition) is 7. The second-order valence-corrected chi connectivity index (χ2v) is 10.9. The lowest BCUT2D eigenvalue weighted by Crippen LogP contribution is -2.32. The van der Waals surface area contributed by atoms with E-state index in [1.54, 1.807) is 26.0 Å². The molecule has 224 valence electrons. The largest absolute Gasteiger partial charge is 0.508 e. The number of esters is 1. The summed E-state index contributed by atoms with van der Waals surface area (Å²) in [6.45, 7) is 3.40. The van der Waals surface area contributed by atoms with Crippen molar-refractivity contribution in [2.45, 2.75) is 26.7 Å². The van der Waals surface area contributed by atoms with Crippen molar-refractivity contribution < 1.29 is 38.4 Å². The number of carbonyl (C=O) groups is 4. The molecule has 0 bridgehead atoms. The van der Waals surface area contributed by atoms with Gasteiger partial charge >= 0.3 is 11.9 Å². The van der Waals surface area contributed by atoms with Gasteiger partial charge in [-0.2, -0.15) is 4.57 Å². The quantitative estimate of drug-likeness (QED) is 0.0658. The summed E-state index contributed by atoms with van der Waals surface area (Å²) in [6, 6.07) is 23.3. The number of fused-ring (bicyclic) bond motifs is 2. The zero-order chi connectivity index (χ0) is 31.8. The molecule has 9 nitrogen and oxygen atoms in total. The fraction of sp³-hybridized carbons (Fsp3) is 0.139. The highest BCUT2D eigenvalue weighted by molar-refractivity contribution is 6.14. The summed E-state index contributed by atoms with van der Waals surface area (Å²) in [5, 5.41) is 11.5. The molecular formula is C36H29N2O7+. The average molecular weight is 602 g/mol. The SMILES string of the molecule is Cc1cc(C(=O)ON2C(=O)CCC2=O)cc(C)c1OC(=O)c1c2ccccc2[n+](C)c2ccc(/C=C/c3ccc(O)cc3)cc12. The Morgan fingerprint density at radius 3 is 2.07 bits per heavy atom. The van der Waals surface area contributed by atoms with Gasteiger partial charge in [-0.1, -0.05) is 36.4 Å². The molecule has 6 rings (SSSR count). The molecule has 5 aromatic rings. The van der Waals surface area contributed by atoms with Gasteiger partial charge in [0.05, 0.1) is 21.9 Å². The molecule has 1 aliphatic heterocycles. The third kappa shape index (κ3) is 5.63. The van der Waals surface area contributed by atoms with Crippen LogP contribution in [0.2, 0.25) is 0 Å². The van der Waals surface area contributed by atoms with Crippen LogP contribution in [0.25, 0.3) is 34.0 Å². The van der Waals surface area contributed by atoms with Crippen LogP contribution in [-0.4, -0.2) is 33.9 Å². The van der Waals surface area contributed by atoms with Gasteiger partial charge in [0.15, 0.2) is 0 Å². The van der Waals surface area contributed by atoms with E-state index in [0.29, 0.717) is 38.3 Å². The number of ether oxygens (including phenoxy) is 1. The number of carbonyl (C=O) groups excluding carboxylic acids is 4. The molecule has 0 unspecified atom stereocenters. The number of hydroxylamine groups is 2. The summed E-state index contributed by atoms with van der Waals surface area (Å²) < 4.78 is 8.07. The smallest absolute Gasteiger partial charge is 0.363 e. The highest BCUT2D eigenvalue weighted by atomic mass is 16.7. The van der Waals surface area contributed by atoms with Gasteiger partial charge in [0.1, 0.15) is 18.5 Å². The number of benzene rings is 4. The maximum atomic E-state index is 14.1. The number of para-hydroxylation sites is 1. The summed E-state index contributed by atoms with van der Waals surface area (Å²) in [5.41, 5.74) is 4.97. The molecule has 1 aromatic heterocycles. The third-order valence-electron chi connectivity index (χ3n) is 7.82. The van der Waals surface area contributed by atoms with E-state index in [4.69, 9.17) is 9.57 Å². The Balaban J connectivity index is 1.37. The van der Waals surface area contributed by atoms with Gasteiger partial charge in [-0.3, -0.25) is 9.59 Å². The van der Waals surface area contributed by atoms with Crippen LogP contribution in [0, 0.1) is 13.8 Å². The number of aromatic hydroxyl groups is 1. The molecule has 1 aliphatic rings. The van der Waals surface area contributed by atoms with Crippen LogP contribution in [0.4, 0.5) is 0 Å². The van der Waals surface area contributed by atoms with Crippen LogP contribution in [0.15, 0.2) is 78.9 Å². The predicted molar refractivity (Wildman–Crippen MR) is 167 cm³/mol. The summed E-state index contributed by atoms with van der Waals surface area (Å²) in [7, 11) is 1.95. The van der Waals surface area contributed by atoms with E-state index in [1.165, 1.54) is 12.1 Å². The standard InChI is InChI=1S/C36H28N2O7/c1-21-18-25(35(42)45-38-31(40)16-17-32(38)41)19-22(2)34(21)44-36(43)33-27-6-4-5-7-29(27)37(3)30-15-12-24(20-28(30)33)9-8-23-10-13-26(39)14-11-23/h4-15,18-20H,16-17H2,1-3H3/p+1. The molecule has 2 heterocycles. The summed E-state index contributed by atoms with van der Waals surface area (Å²) >= 11 is 0. The van der Waals surface area contributed by atoms with Crippen LogP contribution in [0.3, 0.4) is 0 Å². The van der Waals surface area contributed by atoms with Crippen molar-refractivity contribution >= 4 is 57.7 Å². The maximum Gasteiger partial charge on any atom is 0.363 e. The van der Waals surface area contributed by atoms with E-state index in [-0.39, 0.29) is 24.2 Å². The van der Waals surface area contributed by atoms with Crippen LogP contribution in [0.5, 0.6) is 11.5 Å². The minimum absolute atomic E-state index is 0.00383. The third-order valence-corrected chi connectivity index (χ3v) is 7.82. The van der Waals surface area contributed by atoms with Gasteiger partial charge in [-0.15, -0.1) is 5.06 Å². The number of imide groups is 1. The first kappa shape index (κ1) is 29.3. The lowest BCUT2D eigenvalue weighted by Gasteiger charge is -2.16. The van der Waals surface area contributed by atoms with E-state index in [9.17, 15) is 24.3 Å². The van der Waals surface area contributed by atoms with E-state index >= 15 is 0 Å². The number of amides is 2. The first-order chi connectivity index (χ1) is 21.6. The van der Waals surface area contributed by atoms with E-state index in [2.05, 4.69) is 0 Å². The zero-order valence-electron chi connectivity index (χ0n) is 24.9. The minimum atomic E-state index is -0.858. The van der Waals surface area contributed by atoms with Crippen LogP contribution < -0.4 is 9.30 Å². The number of phenols is 1. The van der Waals surface area contributed by atoms with Crippen LogP contribution >= 0.6 is 0 Å². The number of pyridine rings is 1. The van der Waals surface area contributed by atoms with Crippen molar-refractivity contribution in [1.29, 1.82) is 0 Å². The number of nitrogens with zero attached hydrogens (tertiary/aromatic N) is 2. The summed E-state index contributed by atoms with van der Waals surface area (Å²) in [5.74, 6) is -2.08. The van der Waals surface area contributed by atoms with Gasteiger partial charge in [0, 0.05) is 25.0 Å². The molecule has 45 heavy (non-hydrogen) atoms. The molecule has 1 saturated heterocycles. The zero-order valence-corrected chi connectivity index (χ0v) is 24.9. The van der Waals surface area contributed by atoms with Gasteiger partial charge in [-0.05, 0) is 78.6 Å². The van der Waals surface area contributed by atoms with Crippen LogP contribution in [-0.2, 0) is 21.5 Å². The van der Waals surface area contributed by atoms with Crippen molar-refractivity contribution in [2.75, 3.05) is 0 Å². The van der Waals surface area contributed by atoms with Crippen LogP contribution in [0.1, 0.15) is 55.8 Å². The number of hydrogen-bond donors (Lipinski definition) is 1. The normalized spacial score (nSPS) is 13.3. The molecule has 0 spiro atoms. The minimum Gasteiger partial charge on any atom is -0.508 e. The van der Waals surface area contributed by atoms with Crippen molar-refractivity contribution in [3.05, 3.63) is 112 Å². The first-order valence-corrected chi connectivity index (χ1v) is 14.3. The molecule has 0 atom stereocenters. The molecule has 2 amide bonds. The lowest BCUT2D eigenvalue weighted by molar-refractivity contribution is -0.617. The monoisotopic (exact) mass is 601 g/mol. The fourth-order valence-electron chi connectivity index (χ4n) is 5.57. The van der Waals surface area contributed by atoms with E-state index < -0.39 is 23.8 Å². The topological polar surface area (TPSA) is 114 Å². The molecule has 1 N–H and O–H groups in total. The molecule has 4 aromatic carbocycles. The molecular weight excluding hydrogens is 572 g/mol. The van der Waals surface area contributed by atoms with E-state index in [1.807, 2.05) is 78.4 Å². The van der Waals surface area contributed by atoms with Crippen molar-refractivity contribution in [1.82, 2.24) is 5.06 Å². The van der Waals surface area contributed by atoms with Gasteiger partial charge in [0.2, 0.25) is 11.0 Å². The molecule has 1 fully saturated rings. The Morgan fingerprint density at radius 2 is 1.38 bits per heavy atom. The number of aromatic nitrogens is 1. The Hall–Kier alpha value is -5.83.